The maximum Gasteiger partial charge on any atom is 0.397 e. The normalized spacial score (nSPS) is 35.4. The van der Waals surface area contributed by atoms with Crippen molar-refractivity contribution in [2.45, 2.75) is 97.0 Å². The molecule has 0 aromatic carbocycles. The second-order valence-electron chi connectivity index (χ2n) is 13.3. The quantitative estimate of drug-likeness (QED) is 0.112. The van der Waals surface area contributed by atoms with Crippen LogP contribution in [0.2, 0.25) is 0 Å². The Morgan fingerprint density at radius 3 is 2.38 bits per heavy atom. The van der Waals surface area contributed by atoms with Gasteiger partial charge < -0.3 is 21.7 Å². The lowest BCUT2D eigenvalue weighted by atomic mass is 9.47. The molecule has 6 N–H and O–H groups in total. The monoisotopic (exact) mass is 582 g/mol. The van der Waals surface area contributed by atoms with Crippen LogP contribution in [-0.2, 0) is 19.4 Å². The van der Waals surface area contributed by atoms with E-state index >= 15 is 0 Å². The maximum absolute atomic E-state index is 13.3. The Balaban J connectivity index is 1.21. The number of hydrogen-bond acceptors (Lipinski definition) is 7. The molecule has 0 aliphatic heterocycles. The van der Waals surface area contributed by atoms with Gasteiger partial charge in [-0.25, -0.2) is 4.18 Å². The first-order chi connectivity index (χ1) is 19.1. The van der Waals surface area contributed by atoms with Gasteiger partial charge in [-0.2, -0.15) is 8.42 Å². The van der Waals surface area contributed by atoms with Crippen LogP contribution in [0, 0.1) is 34.5 Å². The van der Waals surface area contributed by atoms with Crippen LogP contribution in [0.3, 0.4) is 0 Å². The number of amides is 1. The Bertz CT molecular complexity index is 991. The summed E-state index contributed by atoms with van der Waals surface area (Å²) in [7, 11) is -4.43. The van der Waals surface area contributed by atoms with Crippen molar-refractivity contribution in [2.75, 3.05) is 39.3 Å². The number of carbonyl (C=O) groups excluding carboxylic acids is 1. The van der Waals surface area contributed by atoms with E-state index in [1.165, 1.54) is 5.57 Å². The molecule has 0 unspecified atom stereocenters. The van der Waals surface area contributed by atoms with Crippen LogP contribution >= 0.6 is 0 Å². The lowest BCUT2D eigenvalue weighted by molar-refractivity contribution is -0.131. The van der Waals surface area contributed by atoms with E-state index in [2.05, 4.69) is 35.9 Å². The summed E-state index contributed by atoms with van der Waals surface area (Å²) >= 11 is 0. The molecule has 3 saturated carbocycles. The molecule has 0 aromatic heterocycles. The van der Waals surface area contributed by atoms with Crippen molar-refractivity contribution >= 4 is 16.3 Å². The number of carbonyl (C=O) groups is 1. The van der Waals surface area contributed by atoms with Crippen molar-refractivity contribution in [3.8, 4) is 0 Å². The molecular weight excluding hydrogens is 528 g/mol. The van der Waals surface area contributed by atoms with Crippen LogP contribution in [0.4, 0.5) is 0 Å². The molecule has 9 nitrogen and oxygen atoms in total. The van der Waals surface area contributed by atoms with E-state index in [0.717, 1.165) is 103 Å². The minimum absolute atomic E-state index is 0.0503. The van der Waals surface area contributed by atoms with Gasteiger partial charge >= 0.3 is 10.4 Å². The number of fused-ring (bicyclic) bond motifs is 5. The maximum atomic E-state index is 13.3. The van der Waals surface area contributed by atoms with Gasteiger partial charge in [0.05, 0.1) is 6.10 Å². The fourth-order valence-electron chi connectivity index (χ4n) is 8.84. The first-order valence-electron chi connectivity index (χ1n) is 15.8. The predicted molar refractivity (Wildman–Crippen MR) is 158 cm³/mol. The highest BCUT2D eigenvalue weighted by Crippen LogP contribution is 2.66. The third-order valence-corrected chi connectivity index (χ3v) is 11.5. The van der Waals surface area contributed by atoms with Gasteiger partial charge in [0.1, 0.15) is 0 Å². The fourth-order valence-corrected chi connectivity index (χ4v) is 9.35. The standard InChI is InChI=1S/C30H54N4O5S/c1-29-13-11-23(39-40(36,37)38)21-22(29)7-8-24-25-9-10-27(30(25,2)14-12-26(24)29)28(35)34-20-6-19-33-17-4-3-16-32-18-5-15-31/h7,23-27,32-33H,3-6,8-21,31H2,1-2H3,(H,34,35)(H,36,37,38)/t23-,24-,25-,26-,27+,29-,30-/m0/s1. The molecule has 0 heterocycles. The summed E-state index contributed by atoms with van der Waals surface area (Å²) in [5, 5.41) is 10.2. The topological polar surface area (TPSA) is 143 Å². The van der Waals surface area contributed by atoms with Crippen molar-refractivity contribution in [1.82, 2.24) is 16.0 Å². The van der Waals surface area contributed by atoms with Crippen molar-refractivity contribution < 1.29 is 21.9 Å². The molecule has 230 valence electrons. The fraction of sp³-hybridized carbons (Fsp3) is 0.900. The van der Waals surface area contributed by atoms with Crippen molar-refractivity contribution in [3.63, 3.8) is 0 Å². The van der Waals surface area contributed by atoms with E-state index in [4.69, 9.17) is 14.5 Å². The lowest BCUT2D eigenvalue weighted by Crippen LogP contribution is -2.52. The van der Waals surface area contributed by atoms with E-state index in [0.29, 0.717) is 30.6 Å². The van der Waals surface area contributed by atoms with Gasteiger partial charge in [0, 0.05) is 12.5 Å². The summed E-state index contributed by atoms with van der Waals surface area (Å²) in [5.74, 6) is 2.02. The molecule has 0 spiro atoms. The summed E-state index contributed by atoms with van der Waals surface area (Å²) in [4.78, 5) is 13.3. The van der Waals surface area contributed by atoms with Gasteiger partial charge in [-0.1, -0.05) is 25.5 Å². The van der Waals surface area contributed by atoms with Crippen LogP contribution in [0.25, 0.3) is 0 Å². The number of rotatable bonds is 15. The van der Waals surface area contributed by atoms with E-state index in [1.807, 2.05) is 0 Å². The van der Waals surface area contributed by atoms with Gasteiger partial charge in [-0.15, -0.1) is 0 Å². The van der Waals surface area contributed by atoms with Crippen LogP contribution in [0.15, 0.2) is 11.6 Å². The van der Waals surface area contributed by atoms with E-state index < -0.39 is 16.5 Å². The SMILES string of the molecule is C[C@]12CC[C@H]3[C@@H](CC=C4C[C@@H](OS(=O)(=O)O)CC[C@@]43C)[C@@H]1CC[C@@H]2C(=O)NCCCNCCCCNCCCN. The van der Waals surface area contributed by atoms with Crippen molar-refractivity contribution in [1.29, 1.82) is 0 Å². The summed E-state index contributed by atoms with van der Waals surface area (Å²) < 4.78 is 36.6. The number of nitrogens with one attached hydrogen (secondary N) is 3. The number of unbranched alkanes of at least 4 members (excludes halogenated alkanes) is 1. The van der Waals surface area contributed by atoms with Crippen molar-refractivity contribution in [2.24, 2.45) is 40.2 Å². The Morgan fingerprint density at radius 2 is 1.68 bits per heavy atom. The Labute approximate surface area is 242 Å². The van der Waals surface area contributed by atoms with E-state index in [1.54, 1.807) is 0 Å². The first kappa shape index (κ1) is 31.9. The molecule has 1 amide bonds. The number of allylic oxidation sites excluding steroid dienone is 1. The molecule has 7 atom stereocenters. The minimum Gasteiger partial charge on any atom is -0.356 e. The van der Waals surface area contributed by atoms with Gasteiger partial charge in [-0.05, 0) is 138 Å². The zero-order chi connectivity index (χ0) is 28.8. The highest BCUT2D eigenvalue weighted by molar-refractivity contribution is 7.80. The largest absolute Gasteiger partial charge is 0.397 e. The molecule has 0 bridgehead atoms. The third kappa shape index (κ3) is 7.48. The molecule has 4 aliphatic rings. The van der Waals surface area contributed by atoms with E-state index in [9.17, 15) is 13.2 Å². The third-order valence-electron chi connectivity index (χ3n) is 11.0. The number of nitrogens with two attached hydrogens (primary N) is 1. The summed E-state index contributed by atoms with van der Waals surface area (Å²) in [6.45, 7) is 10.2. The smallest absolute Gasteiger partial charge is 0.356 e. The summed E-state index contributed by atoms with van der Waals surface area (Å²) in [6.07, 6.45) is 13.6. The second kappa shape index (κ2) is 14.0. The minimum atomic E-state index is -4.43. The van der Waals surface area contributed by atoms with Crippen LogP contribution in [0.1, 0.15) is 90.9 Å². The Kier molecular flexibility index (Phi) is 11.1. The van der Waals surface area contributed by atoms with E-state index in [-0.39, 0.29) is 22.7 Å². The summed E-state index contributed by atoms with van der Waals surface area (Å²) in [5.41, 5.74) is 6.91. The van der Waals surface area contributed by atoms with Gasteiger partial charge in [0.25, 0.3) is 0 Å². The molecular formula is C30H54N4O5S. The predicted octanol–water partition coefficient (Wildman–Crippen LogP) is 3.57. The summed E-state index contributed by atoms with van der Waals surface area (Å²) in [6, 6.07) is 0. The Morgan fingerprint density at radius 1 is 0.975 bits per heavy atom. The average molecular weight is 583 g/mol. The van der Waals surface area contributed by atoms with Crippen LogP contribution in [0.5, 0.6) is 0 Å². The molecule has 4 rings (SSSR count). The second-order valence-corrected chi connectivity index (χ2v) is 14.4. The molecule has 4 aliphatic carbocycles. The average Bonchev–Trinajstić information content (AvgIpc) is 3.26. The Hall–Kier alpha value is -1.04. The van der Waals surface area contributed by atoms with Gasteiger partial charge in [0.2, 0.25) is 5.91 Å². The van der Waals surface area contributed by atoms with Crippen molar-refractivity contribution in [3.05, 3.63) is 11.6 Å². The van der Waals surface area contributed by atoms with Gasteiger partial charge in [0.15, 0.2) is 0 Å². The van der Waals surface area contributed by atoms with Crippen LogP contribution < -0.4 is 21.7 Å². The number of hydrogen-bond donors (Lipinski definition) is 5. The zero-order valence-corrected chi connectivity index (χ0v) is 25.6. The molecule has 0 radical (unpaired) electrons. The highest BCUT2D eigenvalue weighted by Gasteiger charge is 2.60. The molecule has 10 heteroatoms. The van der Waals surface area contributed by atoms with Gasteiger partial charge in [-0.3, -0.25) is 9.35 Å². The zero-order valence-electron chi connectivity index (χ0n) is 24.8. The molecule has 40 heavy (non-hydrogen) atoms. The van der Waals surface area contributed by atoms with Crippen LogP contribution in [-0.4, -0.2) is 64.3 Å². The highest BCUT2D eigenvalue weighted by atomic mass is 32.3. The molecule has 3 fully saturated rings. The first-order valence-corrected chi connectivity index (χ1v) is 17.2. The molecule has 0 aromatic rings. The lowest BCUT2D eigenvalue weighted by Gasteiger charge is -2.58. The molecule has 0 saturated heterocycles.